The number of carboxylic acids is 1. The zero-order valence-electron chi connectivity index (χ0n) is 4.60. The van der Waals surface area contributed by atoms with E-state index < -0.39 is 12.1 Å². The quantitative estimate of drug-likeness (QED) is 0.523. The first-order valence-electron chi connectivity index (χ1n) is 1.80. The highest BCUT2D eigenvalue weighted by Crippen LogP contribution is 2.13. The summed E-state index contributed by atoms with van der Waals surface area (Å²) in [6.45, 7) is 2.68. The molecule has 0 aromatic rings. The Kier molecular flexibility index (Phi) is 5.26. The number of halogens is 3. The highest BCUT2D eigenvalue weighted by atomic mass is 19.4. The molecule has 10 heavy (non-hydrogen) atoms. The first-order chi connectivity index (χ1) is 4.36. The molecule has 0 saturated carbocycles. The Balaban J connectivity index is 0. The van der Waals surface area contributed by atoms with Crippen molar-refractivity contribution < 1.29 is 27.9 Å². The lowest BCUT2D eigenvalue weighted by Gasteiger charge is -1.93. The van der Waals surface area contributed by atoms with Gasteiger partial charge in [-0.3, -0.25) is 0 Å². The third-order valence-electron chi connectivity index (χ3n) is 0.243. The summed E-state index contributed by atoms with van der Waals surface area (Å²) in [6.07, 6.45) is -5.08. The number of hydrogen-bond donors (Lipinski definition) is 1. The van der Waals surface area contributed by atoms with Gasteiger partial charge in [-0.2, -0.15) is 13.2 Å². The SMILES string of the molecule is C=C=O.O=C(O)C(F)(F)F. The number of carbonyl (C=O) groups excluding carboxylic acids is 1. The van der Waals surface area contributed by atoms with Gasteiger partial charge in [-0.1, -0.05) is 0 Å². The van der Waals surface area contributed by atoms with Crippen molar-refractivity contribution >= 4 is 11.9 Å². The molecule has 0 fully saturated rings. The van der Waals surface area contributed by atoms with E-state index in [1.54, 1.807) is 0 Å². The van der Waals surface area contributed by atoms with Crippen LogP contribution in [0, 0.1) is 0 Å². The van der Waals surface area contributed by atoms with E-state index in [-0.39, 0.29) is 0 Å². The molecule has 0 aliphatic carbocycles. The Bertz CT molecular complexity index is 142. The van der Waals surface area contributed by atoms with Crippen molar-refractivity contribution in [1.29, 1.82) is 0 Å². The van der Waals surface area contributed by atoms with Gasteiger partial charge in [-0.25, -0.2) is 9.59 Å². The Morgan fingerprint density at radius 2 is 1.60 bits per heavy atom. The van der Waals surface area contributed by atoms with Crippen LogP contribution >= 0.6 is 0 Å². The van der Waals surface area contributed by atoms with Crippen LogP contribution in [-0.2, 0) is 9.59 Å². The van der Waals surface area contributed by atoms with Crippen LogP contribution < -0.4 is 0 Å². The fraction of sp³-hybridized carbons (Fsp3) is 0.250. The third kappa shape index (κ3) is 9.86. The second kappa shape index (κ2) is 4.58. The predicted octanol–water partition coefficient (Wildman–Crippen LogP) is 0.637. The maximum Gasteiger partial charge on any atom is 0.490 e. The summed E-state index contributed by atoms with van der Waals surface area (Å²) in [5, 5.41) is 7.12. The zero-order chi connectivity index (χ0) is 8.78. The molecule has 3 nitrogen and oxygen atoms in total. The van der Waals surface area contributed by atoms with Gasteiger partial charge in [0.1, 0.15) is 5.94 Å². The largest absolute Gasteiger partial charge is 0.490 e. The smallest absolute Gasteiger partial charge is 0.475 e. The number of alkyl halides is 3. The fourth-order valence-electron chi connectivity index (χ4n) is 0. The van der Waals surface area contributed by atoms with Gasteiger partial charge in [0, 0.05) is 0 Å². The van der Waals surface area contributed by atoms with E-state index in [1.807, 2.05) is 0 Å². The summed E-state index contributed by atoms with van der Waals surface area (Å²) < 4.78 is 31.7. The van der Waals surface area contributed by atoms with E-state index in [0.717, 1.165) is 0 Å². The fourth-order valence-corrected chi connectivity index (χ4v) is 0. The highest BCUT2D eigenvalue weighted by Gasteiger charge is 2.38. The summed E-state index contributed by atoms with van der Waals surface area (Å²) >= 11 is 0. The second-order valence-corrected chi connectivity index (χ2v) is 0.947. The molecule has 0 spiro atoms. The third-order valence-corrected chi connectivity index (χ3v) is 0.243. The average Bonchev–Trinajstić information content (AvgIpc) is 1.64. The molecular weight excluding hydrogens is 153 g/mol. The molecule has 0 heterocycles. The van der Waals surface area contributed by atoms with Crippen LogP contribution in [0.15, 0.2) is 6.58 Å². The lowest BCUT2D eigenvalue weighted by Crippen LogP contribution is -2.21. The molecule has 1 N–H and O–H groups in total. The Morgan fingerprint density at radius 3 is 1.60 bits per heavy atom. The van der Waals surface area contributed by atoms with Gasteiger partial charge >= 0.3 is 12.1 Å². The lowest BCUT2D eigenvalue weighted by atomic mass is 10.7. The molecule has 58 valence electrons. The van der Waals surface area contributed by atoms with Crippen LogP contribution in [0.25, 0.3) is 0 Å². The predicted molar refractivity (Wildman–Crippen MR) is 25.0 cm³/mol. The second-order valence-electron chi connectivity index (χ2n) is 0.947. The van der Waals surface area contributed by atoms with Gasteiger partial charge < -0.3 is 5.11 Å². The molecule has 0 aromatic carbocycles. The minimum absolute atomic E-state index is 1.25. The Morgan fingerprint density at radius 1 is 1.50 bits per heavy atom. The van der Waals surface area contributed by atoms with Crippen LogP contribution in [0.1, 0.15) is 0 Å². The molecular formula is C4H3F3O3. The number of carbonyl (C=O) groups is 1. The highest BCUT2D eigenvalue weighted by molar-refractivity contribution is 5.73. The number of hydrogen-bond acceptors (Lipinski definition) is 2. The summed E-state index contributed by atoms with van der Waals surface area (Å²) in [7, 11) is 0. The van der Waals surface area contributed by atoms with Crippen LogP contribution in [0.2, 0.25) is 0 Å². The maximum atomic E-state index is 10.6. The first kappa shape index (κ1) is 11.5. The molecule has 0 unspecified atom stereocenters. The van der Waals surface area contributed by atoms with E-state index in [1.165, 1.54) is 5.94 Å². The van der Waals surface area contributed by atoms with Crippen molar-refractivity contribution in [2.24, 2.45) is 0 Å². The minimum atomic E-state index is -5.08. The molecule has 0 aliphatic rings. The van der Waals surface area contributed by atoms with E-state index >= 15 is 0 Å². The molecule has 6 heteroatoms. The first-order valence-corrected chi connectivity index (χ1v) is 1.80. The molecule has 0 radical (unpaired) electrons. The minimum Gasteiger partial charge on any atom is -0.475 e. The average molecular weight is 156 g/mol. The maximum absolute atomic E-state index is 10.6. The van der Waals surface area contributed by atoms with Crippen molar-refractivity contribution in [3.63, 3.8) is 0 Å². The van der Waals surface area contributed by atoms with Crippen LogP contribution in [-0.4, -0.2) is 23.2 Å². The standard InChI is InChI=1S/C2HF3O2.C2H2O/c3-2(4,5)1(6)7;1-2-3/h(H,6,7);1H2. The zero-order valence-corrected chi connectivity index (χ0v) is 4.60. The van der Waals surface area contributed by atoms with Crippen molar-refractivity contribution in [3.05, 3.63) is 6.58 Å². The summed E-state index contributed by atoms with van der Waals surface area (Å²) in [5.74, 6) is -1.51. The van der Waals surface area contributed by atoms with Crippen molar-refractivity contribution in [2.45, 2.75) is 6.18 Å². The van der Waals surface area contributed by atoms with Crippen molar-refractivity contribution in [3.8, 4) is 0 Å². The Labute approximate surface area is 53.8 Å². The normalized spacial score (nSPS) is 8.70. The lowest BCUT2D eigenvalue weighted by molar-refractivity contribution is -0.192. The van der Waals surface area contributed by atoms with Gasteiger partial charge in [0.25, 0.3) is 0 Å². The molecule has 0 aromatic heterocycles. The van der Waals surface area contributed by atoms with Gasteiger partial charge in [-0.05, 0) is 6.58 Å². The van der Waals surface area contributed by atoms with Crippen LogP contribution in [0.4, 0.5) is 13.2 Å². The van der Waals surface area contributed by atoms with Crippen LogP contribution in [0.3, 0.4) is 0 Å². The summed E-state index contributed by atoms with van der Waals surface area (Å²) in [6, 6.07) is 0. The van der Waals surface area contributed by atoms with Gasteiger partial charge in [0.2, 0.25) is 0 Å². The number of rotatable bonds is 0. The van der Waals surface area contributed by atoms with Crippen LogP contribution in [0.5, 0.6) is 0 Å². The monoisotopic (exact) mass is 156 g/mol. The van der Waals surface area contributed by atoms with Crippen molar-refractivity contribution in [1.82, 2.24) is 0 Å². The number of aliphatic carboxylic acids is 1. The number of carboxylic acid groups (broad SMARTS) is 1. The van der Waals surface area contributed by atoms with E-state index in [9.17, 15) is 13.2 Å². The molecule has 0 aliphatic heterocycles. The molecule has 0 rings (SSSR count). The topological polar surface area (TPSA) is 54.4 Å². The molecule has 0 amide bonds. The van der Waals surface area contributed by atoms with Gasteiger partial charge in [0.05, 0.1) is 0 Å². The molecule has 0 bridgehead atoms. The van der Waals surface area contributed by atoms with E-state index in [4.69, 9.17) is 14.7 Å². The molecule has 0 saturated heterocycles. The van der Waals surface area contributed by atoms with Crippen molar-refractivity contribution in [2.75, 3.05) is 0 Å². The molecule has 0 atom stereocenters. The van der Waals surface area contributed by atoms with Gasteiger partial charge in [0.15, 0.2) is 0 Å². The summed E-state index contributed by atoms with van der Waals surface area (Å²) in [4.78, 5) is 17.5. The Hall–Kier alpha value is -1.29. The van der Waals surface area contributed by atoms with Gasteiger partial charge in [-0.15, -0.1) is 0 Å². The van der Waals surface area contributed by atoms with E-state index in [2.05, 4.69) is 6.58 Å². The van der Waals surface area contributed by atoms with E-state index in [0.29, 0.717) is 0 Å². The summed E-state index contributed by atoms with van der Waals surface area (Å²) in [5.41, 5.74) is 0.